The van der Waals surface area contributed by atoms with Crippen molar-refractivity contribution in [2.45, 2.75) is 24.0 Å². The maximum absolute atomic E-state index is 13.4. The van der Waals surface area contributed by atoms with Gasteiger partial charge in [-0.05, 0) is 55.0 Å². The maximum atomic E-state index is 13.4. The average Bonchev–Trinajstić information content (AvgIpc) is 3.22. The molecule has 0 radical (unpaired) electrons. The molecule has 0 bridgehead atoms. The van der Waals surface area contributed by atoms with Crippen molar-refractivity contribution in [3.63, 3.8) is 0 Å². The van der Waals surface area contributed by atoms with E-state index >= 15 is 0 Å². The van der Waals surface area contributed by atoms with Crippen LogP contribution in [0.4, 0.5) is 13.2 Å². The molecule has 4 rings (SSSR count). The van der Waals surface area contributed by atoms with E-state index in [1.807, 2.05) is 60.0 Å². The smallest absolute Gasteiger partial charge is 0.416 e. The second-order valence-electron chi connectivity index (χ2n) is 7.15. The summed E-state index contributed by atoms with van der Waals surface area (Å²) < 4.78 is 47.3. The van der Waals surface area contributed by atoms with E-state index in [-0.39, 0.29) is 11.3 Å². The van der Waals surface area contributed by atoms with Crippen LogP contribution < -0.4 is 4.74 Å². The summed E-state index contributed by atoms with van der Waals surface area (Å²) in [6.45, 7) is 1.99. The number of methoxy groups -OCH3 is 1. The number of thioether (sulfide) groups is 1. The summed E-state index contributed by atoms with van der Waals surface area (Å²) >= 11 is 1.22. The normalized spacial score (nSPS) is 11.5. The molecule has 0 N–H and O–H groups in total. The van der Waals surface area contributed by atoms with Crippen molar-refractivity contribution in [2.24, 2.45) is 0 Å². The van der Waals surface area contributed by atoms with Gasteiger partial charge in [0.05, 0.1) is 12.7 Å². The van der Waals surface area contributed by atoms with Gasteiger partial charge in [0.1, 0.15) is 5.75 Å². The van der Waals surface area contributed by atoms with Gasteiger partial charge in [0, 0.05) is 17.0 Å². The Morgan fingerprint density at radius 3 is 2.25 bits per heavy atom. The molecular formula is C24H20F3N3OS. The Bertz CT molecular complexity index is 1200. The first-order valence-corrected chi connectivity index (χ1v) is 10.8. The fourth-order valence-electron chi connectivity index (χ4n) is 3.28. The van der Waals surface area contributed by atoms with Crippen molar-refractivity contribution in [3.8, 4) is 22.8 Å². The standard InChI is InChI=1S/C24H20F3N3OS/c1-16-7-11-19(12-8-16)30-22(17-9-13-20(31-2)14-10-17)28-29-23(30)32-15-18-5-3-4-6-21(18)24(25,26)27/h3-14H,15H2,1-2H3. The van der Waals surface area contributed by atoms with Gasteiger partial charge in [-0.1, -0.05) is 47.7 Å². The van der Waals surface area contributed by atoms with Crippen LogP contribution in [0.1, 0.15) is 16.7 Å². The van der Waals surface area contributed by atoms with Crippen molar-refractivity contribution in [2.75, 3.05) is 7.11 Å². The summed E-state index contributed by atoms with van der Waals surface area (Å²) in [5.41, 5.74) is 2.32. The number of rotatable bonds is 6. The first kappa shape index (κ1) is 22.0. The van der Waals surface area contributed by atoms with Crippen LogP contribution in [-0.2, 0) is 11.9 Å². The third-order valence-electron chi connectivity index (χ3n) is 4.95. The van der Waals surface area contributed by atoms with Gasteiger partial charge in [-0.25, -0.2) is 0 Å². The van der Waals surface area contributed by atoms with E-state index in [1.54, 1.807) is 13.2 Å². The first-order valence-electron chi connectivity index (χ1n) is 9.81. The highest BCUT2D eigenvalue weighted by Crippen LogP contribution is 2.36. The number of benzene rings is 3. The second-order valence-corrected chi connectivity index (χ2v) is 8.09. The van der Waals surface area contributed by atoms with Gasteiger partial charge in [-0.15, -0.1) is 10.2 Å². The summed E-state index contributed by atoms with van der Waals surface area (Å²) in [7, 11) is 1.59. The van der Waals surface area contributed by atoms with E-state index in [4.69, 9.17) is 4.74 Å². The zero-order valence-electron chi connectivity index (χ0n) is 17.4. The topological polar surface area (TPSA) is 39.9 Å². The number of ether oxygens (including phenoxy) is 1. The van der Waals surface area contributed by atoms with E-state index in [0.717, 1.165) is 22.9 Å². The molecule has 0 aliphatic heterocycles. The van der Waals surface area contributed by atoms with Gasteiger partial charge in [0.25, 0.3) is 0 Å². The molecule has 1 aromatic heterocycles. The largest absolute Gasteiger partial charge is 0.497 e. The summed E-state index contributed by atoms with van der Waals surface area (Å²) in [5.74, 6) is 1.43. The Hall–Kier alpha value is -3.26. The van der Waals surface area contributed by atoms with Crippen LogP contribution in [0.5, 0.6) is 5.75 Å². The highest BCUT2D eigenvalue weighted by molar-refractivity contribution is 7.98. The van der Waals surface area contributed by atoms with Gasteiger partial charge < -0.3 is 4.74 Å². The molecule has 32 heavy (non-hydrogen) atoms. The minimum absolute atomic E-state index is 0.113. The summed E-state index contributed by atoms with van der Waals surface area (Å²) in [4.78, 5) is 0. The van der Waals surface area contributed by atoms with Crippen LogP contribution >= 0.6 is 11.8 Å². The van der Waals surface area contributed by atoms with Crippen molar-refractivity contribution in [1.82, 2.24) is 14.8 Å². The molecule has 0 fully saturated rings. The summed E-state index contributed by atoms with van der Waals surface area (Å²) in [6, 6.07) is 20.8. The van der Waals surface area contributed by atoms with Crippen LogP contribution in [0.3, 0.4) is 0 Å². The SMILES string of the molecule is COc1ccc(-c2nnc(SCc3ccccc3C(F)(F)F)n2-c2ccc(C)cc2)cc1. The molecule has 1 heterocycles. The molecule has 0 aliphatic rings. The quantitative estimate of drug-likeness (QED) is 0.309. The number of aromatic nitrogens is 3. The highest BCUT2D eigenvalue weighted by atomic mass is 32.2. The third kappa shape index (κ3) is 4.65. The van der Waals surface area contributed by atoms with E-state index in [0.29, 0.717) is 16.7 Å². The van der Waals surface area contributed by atoms with E-state index in [2.05, 4.69) is 10.2 Å². The lowest BCUT2D eigenvalue weighted by Crippen LogP contribution is -2.08. The molecule has 0 saturated heterocycles. The predicted molar refractivity (Wildman–Crippen MR) is 119 cm³/mol. The Morgan fingerprint density at radius 1 is 0.906 bits per heavy atom. The first-order chi connectivity index (χ1) is 15.4. The summed E-state index contributed by atoms with van der Waals surface area (Å²) in [6.07, 6.45) is -4.41. The van der Waals surface area contributed by atoms with Crippen LogP contribution in [-0.4, -0.2) is 21.9 Å². The number of nitrogens with zero attached hydrogens (tertiary/aromatic N) is 3. The second kappa shape index (κ2) is 9.08. The van der Waals surface area contributed by atoms with Gasteiger partial charge in [0.15, 0.2) is 11.0 Å². The minimum Gasteiger partial charge on any atom is -0.497 e. The molecule has 0 aliphatic carbocycles. The van der Waals surface area contributed by atoms with Crippen LogP contribution in [0.2, 0.25) is 0 Å². The lowest BCUT2D eigenvalue weighted by atomic mass is 10.1. The fraction of sp³-hybridized carbons (Fsp3) is 0.167. The molecule has 4 nitrogen and oxygen atoms in total. The van der Waals surface area contributed by atoms with Gasteiger partial charge >= 0.3 is 6.18 Å². The molecule has 0 saturated carbocycles. The molecule has 0 amide bonds. The van der Waals surface area contributed by atoms with Crippen molar-refractivity contribution in [3.05, 3.63) is 89.5 Å². The van der Waals surface area contributed by atoms with Crippen molar-refractivity contribution < 1.29 is 17.9 Å². The highest BCUT2D eigenvalue weighted by Gasteiger charge is 2.33. The summed E-state index contributed by atoms with van der Waals surface area (Å²) in [5, 5.41) is 9.17. The maximum Gasteiger partial charge on any atom is 0.416 e. The number of hydrogen-bond donors (Lipinski definition) is 0. The Morgan fingerprint density at radius 2 is 1.59 bits per heavy atom. The Labute approximate surface area is 188 Å². The molecule has 0 unspecified atom stereocenters. The molecule has 8 heteroatoms. The number of alkyl halides is 3. The monoisotopic (exact) mass is 455 g/mol. The lowest BCUT2D eigenvalue weighted by Gasteiger charge is -2.13. The van der Waals surface area contributed by atoms with Gasteiger partial charge in [-0.3, -0.25) is 4.57 Å². The number of halogens is 3. The Balaban J connectivity index is 1.73. The molecule has 0 spiro atoms. The molecule has 164 valence electrons. The molecule has 4 aromatic rings. The fourth-order valence-corrected chi connectivity index (χ4v) is 4.24. The van der Waals surface area contributed by atoms with E-state index < -0.39 is 11.7 Å². The molecular weight excluding hydrogens is 435 g/mol. The van der Waals surface area contributed by atoms with Crippen molar-refractivity contribution >= 4 is 11.8 Å². The molecule has 0 atom stereocenters. The third-order valence-corrected chi connectivity index (χ3v) is 5.93. The van der Waals surface area contributed by atoms with E-state index in [9.17, 15) is 13.2 Å². The Kier molecular flexibility index (Phi) is 6.23. The van der Waals surface area contributed by atoms with Crippen LogP contribution in [0.15, 0.2) is 78.0 Å². The zero-order valence-corrected chi connectivity index (χ0v) is 18.2. The van der Waals surface area contributed by atoms with Crippen molar-refractivity contribution in [1.29, 1.82) is 0 Å². The number of hydrogen-bond acceptors (Lipinski definition) is 4. The van der Waals surface area contributed by atoms with Crippen LogP contribution in [0, 0.1) is 6.92 Å². The van der Waals surface area contributed by atoms with E-state index in [1.165, 1.54) is 23.9 Å². The minimum atomic E-state index is -4.41. The predicted octanol–water partition coefficient (Wildman–Crippen LogP) is 6.56. The van der Waals surface area contributed by atoms with Gasteiger partial charge in [-0.2, -0.15) is 13.2 Å². The lowest BCUT2D eigenvalue weighted by molar-refractivity contribution is -0.138. The average molecular weight is 456 g/mol. The van der Waals surface area contributed by atoms with Gasteiger partial charge in [0.2, 0.25) is 0 Å². The van der Waals surface area contributed by atoms with Crippen LogP contribution in [0.25, 0.3) is 17.1 Å². The zero-order chi connectivity index (χ0) is 22.7. The molecule has 3 aromatic carbocycles. The number of aryl methyl sites for hydroxylation is 1.